The average Bonchev–Trinajstić information content (AvgIpc) is 2.43. The van der Waals surface area contributed by atoms with Crippen LogP contribution in [0.3, 0.4) is 0 Å². The minimum atomic E-state index is 0.787. The molecule has 4 heteroatoms. The highest BCUT2D eigenvalue weighted by molar-refractivity contribution is 14.1. The molecule has 0 radical (unpaired) electrons. The van der Waals surface area contributed by atoms with Gasteiger partial charge in [0.2, 0.25) is 0 Å². The maximum Gasteiger partial charge on any atom is 0.101 e. The highest BCUT2D eigenvalue weighted by atomic mass is 127. The van der Waals surface area contributed by atoms with E-state index in [2.05, 4.69) is 63.4 Å². The second-order valence-electron chi connectivity index (χ2n) is 2.53. The second-order valence-corrected chi connectivity index (χ2v) is 6.73. The van der Waals surface area contributed by atoms with Crippen molar-refractivity contribution in [3.05, 3.63) is 30.2 Å². The Kier molecular flexibility index (Phi) is 2.76. The molecule has 1 aromatic heterocycles. The fraction of sp³-hybridized carbons (Fsp3) is 0. The van der Waals surface area contributed by atoms with E-state index in [4.69, 9.17) is 5.26 Å². The van der Waals surface area contributed by atoms with E-state index < -0.39 is 0 Å². The Morgan fingerprint density at radius 3 is 2.69 bits per heavy atom. The number of hydrogen-bond acceptors (Lipinski definition) is 2. The van der Waals surface area contributed by atoms with E-state index in [1.165, 1.54) is 8.27 Å². The molecule has 2 rings (SSSR count). The summed E-state index contributed by atoms with van der Waals surface area (Å²) in [5, 5.41) is 10.1. The van der Waals surface area contributed by atoms with Gasteiger partial charge in [-0.1, -0.05) is 0 Å². The van der Waals surface area contributed by atoms with Crippen molar-refractivity contribution < 1.29 is 0 Å². The van der Waals surface area contributed by atoms with Crippen LogP contribution in [-0.4, -0.2) is 0 Å². The number of halogens is 2. The zero-order valence-electron chi connectivity index (χ0n) is 6.34. The van der Waals surface area contributed by atoms with Crippen molar-refractivity contribution in [3.63, 3.8) is 0 Å². The summed E-state index contributed by atoms with van der Waals surface area (Å²) in [6, 6.07) is 8.37. The summed E-state index contributed by atoms with van der Waals surface area (Å²) in [5.74, 6) is 0. The Morgan fingerprint density at radius 1 is 1.23 bits per heavy atom. The van der Waals surface area contributed by atoms with Crippen LogP contribution in [0, 0.1) is 17.8 Å². The van der Waals surface area contributed by atoms with Gasteiger partial charge < -0.3 is 0 Å². The van der Waals surface area contributed by atoms with Gasteiger partial charge in [0.05, 0.1) is 13.1 Å². The van der Waals surface area contributed by atoms with E-state index in [0.29, 0.717) is 0 Å². The third kappa shape index (κ3) is 1.82. The van der Waals surface area contributed by atoms with Crippen molar-refractivity contribution in [1.82, 2.24) is 0 Å². The average molecular weight is 411 g/mol. The van der Waals surface area contributed by atoms with Crippen molar-refractivity contribution >= 4 is 66.6 Å². The van der Waals surface area contributed by atoms with Crippen LogP contribution in [0.25, 0.3) is 10.1 Å². The summed E-state index contributed by atoms with van der Waals surface area (Å²) >= 11 is 6.19. The van der Waals surface area contributed by atoms with Crippen LogP contribution in [0.5, 0.6) is 0 Å². The number of rotatable bonds is 0. The van der Waals surface area contributed by atoms with Gasteiger partial charge >= 0.3 is 0 Å². The molecule has 1 nitrogen and oxygen atoms in total. The van der Waals surface area contributed by atoms with Gasteiger partial charge in [-0.2, -0.15) is 5.26 Å². The van der Waals surface area contributed by atoms with Gasteiger partial charge in [0.15, 0.2) is 0 Å². The molecule has 64 valence electrons. The van der Waals surface area contributed by atoms with Crippen LogP contribution < -0.4 is 0 Å². The van der Waals surface area contributed by atoms with E-state index in [1.807, 2.05) is 6.07 Å². The van der Waals surface area contributed by atoms with Crippen LogP contribution in [0.15, 0.2) is 18.2 Å². The number of benzene rings is 1. The summed E-state index contributed by atoms with van der Waals surface area (Å²) < 4.78 is 3.45. The first-order chi connectivity index (χ1) is 6.20. The second kappa shape index (κ2) is 3.71. The first-order valence-corrected chi connectivity index (χ1v) is 6.47. The molecule has 0 aliphatic carbocycles. The number of thiophene rings is 1. The summed E-state index contributed by atoms with van der Waals surface area (Å²) in [6.45, 7) is 0. The fourth-order valence-electron chi connectivity index (χ4n) is 1.17. The minimum absolute atomic E-state index is 0.787. The molecule has 0 amide bonds. The monoisotopic (exact) mass is 411 g/mol. The largest absolute Gasteiger partial charge is 0.192 e. The molecule has 0 atom stereocenters. The lowest BCUT2D eigenvalue weighted by molar-refractivity contribution is 1.50. The molecule has 2 aromatic rings. The first-order valence-electron chi connectivity index (χ1n) is 3.49. The maximum absolute atomic E-state index is 8.92. The lowest BCUT2D eigenvalue weighted by Crippen LogP contribution is -1.76. The van der Waals surface area contributed by atoms with Gasteiger partial charge in [-0.25, -0.2) is 0 Å². The van der Waals surface area contributed by atoms with Gasteiger partial charge in [0, 0.05) is 3.57 Å². The quantitative estimate of drug-likeness (QED) is 0.602. The lowest BCUT2D eigenvalue weighted by Gasteiger charge is -1.93. The van der Waals surface area contributed by atoms with E-state index in [0.717, 1.165) is 13.8 Å². The molecule has 0 fully saturated rings. The Bertz CT molecular complexity index is 510. The molecular formula is C9H3I2NS. The molecular weight excluding hydrogens is 408 g/mol. The number of nitrogens with zero attached hydrogens (tertiary/aromatic N) is 1. The number of nitriles is 1. The van der Waals surface area contributed by atoms with E-state index in [-0.39, 0.29) is 0 Å². The predicted molar refractivity (Wildman–Crippen MR) is 72.0 cm³/mol. The molecule has 1 aromatic carbocycles. The summed E-state index contributed by atoms with van der Waals surface area (Å²) in [4.78, 5) is 0. The van der Waals surface area contributed by atoms with E-state index in [1.54, 1.807) is 11.3 Å². The van der Waals surface area contributed by atoms with Crippen LogP contribution in [0.2, 0.25) is 0 Å². The minimum Gasteiger partial charge on any atom is -0.192 e. The number of hydrogen-bond donors (Lipinski definition) is 0. The third-order valence-electron chi connectivity index (χ3n) is 1.67. The van der Waals surface area contributed by atoms with Gasteiger partial charge in [-0.05, 0) is 68.8 Å². The zero-order chi connectivity index (χ0) is 9.42. The van der Waals surface area contributed by atoms with Crippen LogP contribution >= 0.6 is 56.5 Å². The normalized spacial score (nSPS) is 10.2. The van der Waals surface area contributed by atoms with Crippen LogP contribution in [0.1, 0.15) is 5.56 Å². The van der Waals surface area contributed by atoms with E-state index in [9.17, 15) is 0 Å². The molecule has 0 aliphatic rings. The van der Waals surface area contributed by atoms with Crippen molar-refractivity contribution in [2.45, 2.75) is 0 Å². The molecule has 0 saturated heterocycles. The molecule has 0 saturated carbocycles. The smallest absolute Gasteiger partial charge is 0.101 e. The van der Waals surface area contributed by atoms with Gasteiger partial charge in [0.1, 0.15) is 6.07 Å². The van der Waals surface area contributed by atoms with Crippen molar-refractivity contribution in [2.75, 3.05) is 0 Å². The topological polar surface area (TPSA) is 23.8 Å². The zero-order valence-corrected chi connectivity index (χ0v) is 11.5. The van der Waals surface area contributed by atoms with Crippen molar-refractivity contribution in [3.8, 4) is 6.07 Å². The SMILES string of the molecule is N#Cc1cc(I)cc2cc(I)sc12. The fourth-order valence-corrected chi connectivity index (χ4v) is 3.64. The molecule has 13 heavy (non-hydrogen) atoms. The van der Waals surface area contributed by atoms with E-state index >= 15 is 0 Å². The molecule has 0 spiro atoms. The summed E-state index contributed by atoms with van der Waals surface area (Å²) in [6.07, 6.45) is 0. The Balaban J connectivity index is 2.90. The lowest BCUT2D eigenvalue weighted by atomic mass is 10.2. The molecule has 0 aliphatic heterocycles. The van der Waals surface area contributed by atoms with Gasteiger partial charge in [-0.15, -0.1) is 11.3 Å². The Morgan fingerprint density at radius 2 is 2.00 bits per heavy atom. The standard InChI is InChI=1S/C9H3I2NS/c10-7-1-5-3-8(11)13-9(5)6(2-7)4-12/h1-3H. The van der Waals surface area contributed by atoms with Gasteiger partial charge in [-0.3, -0.25) is 0 Å². The number of fused-ring (bicyclic) bond motifs is 1. The first kappa shape index (κ1) is 9.68. The Labute approximate surface area is 107 Å². The van der Waals surface area contributed by atoms with Crippen molar-refractivity contribution in [1.29, 1.82) is 5.26 Å². The van der Waals surface area contributed by atoms with Crippen LogP contribution in [0.4, 0.5) is 0 Å². The van der Waals surface area contributed by atoms with Gasteiger partial charge in [0.25, 0.3) is 0 Å². The predicted octanol–water partition coefficient (Wildman–Crippen LogP) is 3.98. The summed E-state index contributed by atoms with van der Waals surface area (Å²) in [5.41, 5.74) is 0.787. The van der Waals surface area contributed by atoms with Crippen molar-refractivity contribution in [2.24, 2.45) is 0 Å². The highest BCUT2D eigenvalue weighted by Gasteiger charge is 2.05. The third-order valence-corrected chi connectivity index (χ3v) is 4.24. The molecule has 0 N–H and O–H groups in total. The Hall–Kier alpha value is 0.130. The van der Waals surface area contributed by atoms with Crippen LogP contribution in [-0.2, 0) is 0 Å². The molecule has 0 bridgehead atoms. The molecule has 0 unspecified atom stereocenters. The summed E-state index contributed by atoms with van der Waals surface area (Å²) in [7, 11) is 0. The maximum atomic E-state index is 8.92. The highest BCUT2D eigenvalue weighted by Crippen LogP contribution is 2.30. The molecule has 1 heterocycles.